The molecule has 0 fully saturated rings. The van der Waals surface area contributed by atoms with Gasteiger partial charge in [0.2, 0.25) is 0 Å². The van der Waals surface area contributed by atoms with E-state index < -0.39 is 0 Å². The number of benzene rings is 1. The average molecular weight is 227 g/mol. The molecule has 0 heterocycles. The van der Waals surface area contributed by atoms with Crippen molar-refractivity contribution in [2.24, 2.45) is 5.73 Å². The topological polar surface area (TPSA) is 29.3 Å². The SMILES string of the molecule is CCN(CCN)Cc1cccc(Cl)c1C. The molecule has 0 aliphatic heterocycles. The van der Waals surface area contributed by atoms with Crippen molar-refractivity contribution < 1.29 is 0 Å². The number of halogens is 1. The van der Waals surface area contributed by atoms with Crippen LogP contribution in [0.2, 0.25) is 5.02 Å². The van der Waals surface area contributed by atoms with E-state index in [-0.39, 0.29) is 0 Å². The van der Waals surface area contributed by atoms with E-state index in [4.69, 9.17) is 17.3 Å². The summed E-state index contributed by atoms with van der Waals surface area (Å²) in [6, 6.07) is 6.06. The highest BCUT2D eigenvalue weighted by Crippen LogP contribution is 2.19. The molecule has 1 rings (SSSR count). The molecule has 1 aromatic carbocycles. The summed E-state index contributed by atoms with van der Waals surface area (Å²) < 4.78 is 0. The van der Waals surface area contributed by atoms with Crippen LogP contribution in [0.3, 0.4) is 0 Å². The molecular weight excluding hydrogens is 208 g/mol. The van der Waals surface area contributed by atoms with Gasteiger partial charge in [0.25, 0.3) is 0 Å². The number of nitrogens with zero attached hydrogens (tertiary/aromatic N) is 1. The molecule has 0 saturated carbocycles. The highest BCUT2D eigenvalue weighted by Gasteiger charge is 2.06. The summed E-state index contributed by atoms with van der Waals surface area (Å²) in [4.78, 5) is 2.32. The lowest BCUT2D eigenvalue weighted by Crippen LogP contribution is -2.29. The Bertz CT molecular complexity index is 312. The van der Waals surface area contributed by atoms with Crippen molar-refractivity contribution in [3.05, 3.63) is 34.3 Å². The van der Waals surface area contributed by atoms with Gasteiger partial charge in [-0.1, -0.05) is 30.7 Å². The van der Waals surface area contributed by atoms with Crippen molar-refractivity contribution in [3.63, 3.8) is 0 Å². The maximum absolute atomic E-state index is 6.07. The molecule has 0 aliphatic carbocycles. The summed E-state index contributed by atoms with van der Waals surface area (Å²) >= 11 is 6.07. The van der Waals surface area contributed by atoms with Crippen molar-refractivity contribution in [1.29, 1.82) is 0 Å². The van der Waals surface area contributed by atoms with Gasteiger partial charge >= 0.3 is 0 Å². The summed E-state index contributed by atoms with van der Waals surface area (Å²) in [6.07, 6.45) is 0. The maximum atomic E-state index is 6.07. The first kappa shape index (κ1) is 12.5. The first-order valence-corrected chi connectivity index (χ1v) is 5.73. The number of hydrogen-bond acceptors (Lipinski definition) is 2. The summed E-state index contributed by atoms with van der Waals surface area (Å²) in [5.41, 5.74) is 8.02. The van der Waals surface area contributed by atoms with Crippen LogP contribution in [0.15, 0.2) is 18.2 Å². The zero-order valence-corrected chi connectivity index (χ0v) is 10.2. The highest BCUT2D eigenvalue weighted by molar-refractivity contribution is 6.31. The Morgan fingerprint density at radius 3 is 2.73 bits per heavy atom. The van der Waals surface area contributed by atoms with Crippen LogP contribution in [0.25, 0.3) is 0 Å². The molecule has 0 radical (unpaired) electrons. The average Bonchev–Trinajstić information content (AvgIpc) is 2.24. The van der Waals surface area contributed by atoms with E-state index in [2.05, 4.69) is 24.8 Å². The Kier molecular flexibility index (Phi) is 5.09. The molecule has 0 atom stereocenters. The van der Waals surface area contributed by atoms with Crippen molar-refractivity contribution in [2.75, 3.05) is 19.6 Å². The minimum Gasteiger partial charge on any atom is -0.329 e. The van der Waals surface area contributed by atoms with Gasteiger partial charge in [0, 0.05) is 24.7 Å². The summed E-state index contributed by atoms with van der Waals surface area (Å²) in [5.74, 6) is 0. The van der Waals surface area contributed by atoms with E-state index in [1.807, 2.05) is 12.1 Å². The smallest absolute Gasteiger partial charge is 0.0438 e. The summed E-state index contributed by atoms with van der Waals surface area (Å²) in [6.45, 7) is 7.79. The van der Waals surface area contributed by atoms with E-state index in [1.54, 1.807) is 0 Å². The molecular formula is C12H19ClN2. The van der Waals surface area contributed by atoms with Gasteiger partial charge in [-0.25, -0.2) is 0 Å². The summed E-state index contributed by atoms with van der Waals surface area (Å²) in [5, 5.41) is 0.844. The quantitative estimate of drug-likeness (QED) is 0.836. The molecule has 0 aromatic heterocycles. The Hall–Kier alpha value is -0.570. The second-order valence-corrected chi connectivity index (χ2v) is 4.09. The fourth-order valence-electron chi connectivity index (χ4n) is 1.60. The lowest BCUT2D eigenvalue weighted by atomic mass is 10.1. The fourth-order valence-corrected chi connectivity index (χ4v) is 1.79. The van der Waals surface area contributed by atoms with Crippen LogP contribution < -0.4 is 5.73 Å². The third kappa shape index (κ3) is 3.49. The Morgan fingerprint density at radius 2 is 2.13 bits per heavy atom. The zero-order chi connectivity index (χ0) is 11.3. The van der Waals surface area contributed by atoms with E-state index in [0.29, 0.717) is 6.54 Å². The van der Waals surface area contributed by atoms with E-state index in [0.717, 1.165) is 24.7 Å². The predicted octanol–water partition coefficient (Wildman–Crippen LogP) is 2.43. The van der Waals surface area contributed by atoms with Gasteiger partial charge in [0.1, 0.15) is 0 Å². The van der Waals surface area contributed by atoms with Gasteiger partial charge in [-0.3, -0.25) is 4.90 Å². The zero-order valence-electron chi connectivity index (χ0n) is 9.46. The van der Waals surface area contributed by atoms with Crippen LogP contribution >= 0.6 is 11.6 Å². The van der Waals surface area contributed by atoms with Crippen LogP contribution in [-0.4, -0.2) is 24.5 Å². The first-order chi connectivity index (χ1) is 7.19. The molecule has 0 amide bonds. The standard InChI is InChI=1S/C12H19ClN2/c1-3-15(8-7-14)9-11-5-4-6-12(13)10(11)2/h4-6H,3,7-9,14H2,1-2H3. The monoisotopic (exact) mass is 226 g/mol. The van der Waals surface area contributed by atoms with E-state index in [9.17, 15) is 0 Å². The number of nitrogens with two attached hydrogens (primary N) is 1. The number of likely N-dealkylation sites (N-methyl/N-ethyl adjacent to an activating group) is 1. The lowest BCUT2D eigenvalue weighted by Gasteiger charge is -2.20. The van der Waals surface area contributed by atoms with E-state index in [1.165, 1.54) is 11.1 Å². The van der Waals surface area contributed by atoms with Crippen LogP contribution in [0, 0.1) is 6.92 Å². The Balaban J connectivity index is 2.74. The first-order valence-electron chi connectivity index (χ1n) is 5.35. The molecule has 2 N–H and O–H groups in total. The molecule has 0 bridgehead atoms. The number of hydrogen-bond donors (Lipinski definition) is 1. The lowest BCUT2D eigenvalue weighted by molar-refractivity contribution is 0.287. The van der Waals surface area contributed by atoms with Crippen molar-refractivity contribution in [2.45, 2.75) is 20.4 Å². The number of rotatable bonds is 5. The summed E-state index contributed by atoms with van der Waals surface area (Å²) in [7, 11) is 0. The van der Waals surface area contributed by atoms with Gasteiger partial charge in [-0.15, -0.1) is 0 Å². The second-order valence-electron chi connectivity index (χ2n) is 3.68. The van der Waals surface area contributed by atoms with Gasteiger partial charge in [-0.05, 0) is 30.7 Å². The third-order valence-corrected chi connectivity index (χ3v) is 3.08. The Morgan fingerprint density at radius 1 is 1.40 bits per heavy atom. The largest absolute Gasteiger partial charge is 0.329 e. The fraction of sp³-hybridized carbons (Fsp3) is 0.500. The van der Waals surface area contributed by atoms with Crippen molar-refractivity contribution >= 4 is 11.6 Å². The predicted molar refractivity (Wildman–Crippen MR) is 66.2 cm³/mol. The molecule has 15 heavy (non-hydrogen) atoms. The van der Waals surface area contributed by atoms with Crippen LogP contribution in [-0.2, 0) is 6.54 Å². The van der Waals surface area contributed by atoms with E-state index >= 15 is 0 Å². The molecule has 84 valence electrons. The molecule has 0 unspecified atom stereocenters. The van der Waals surface area contributed by atoms with Gasteiger partial charge in [0.05, 0.1) is 0 Å². The molecule has 2 nitrogen and oxygen atoms in total. The van der Waals surface area contributed by atoms with Gasteiger partial charge < -0.3 is 5.73 Å². The molecule has 0 spiro atoms. The normalized spacial score (nSPS) is 11.0. The molecule has 0 aliphatic rings. The van der Waals surface area contributed by atoms with Crippen LogP contribution in [0.5, 0.6) is 0 Å². The molecule has 0 saturated heterocycles. The van der Waals surface area contributed by atoms with Gasteiger partial charge in [-0.2, -0.15) is 0 Å². The highest BCUT2D eigenvalue weighted by atomic mass is 35.5. The van der Waals surface area contributed by atoms with Crippen molar-refractivity contribution in [3.8, 4) is 0 Å². The van der Waals surface area contributed by atoms with Crippen molar-refractivity contribution in [1.82, 2.24) is 4.90 Å². The minimum absolute atomic E-state index is 0.702. The molecule has 1 aromatic rings. The molecule has 3 heteroatoms. The van der Waals surface area contributed by atoms with Crippen LogP contribution in [0.4, 0.5) is 0 Å². The third-order valence-electron chi connectivity index (χ3n) is 2.67. The minimum atomic E-state index is 0.702. The second kappa shape index (κ2) is 6.11. The van der Waals surface area contributed by atoms with Crippen LogP contribution in [0.1, 0.15) is 18.1 Å². The maximum Gasteiger partial charge on any atom is 0.0438 e. The van der Waals surface area contributed by atoms with Gasteiger partial charge in [0.15, 0.2) is 0 Å². The Labute approximate surface area is 97.0 Å².